The molecule has 4 rings (SSSR count). The first-order chi connectivity index (χ1) is 15.0. The minimum Gasteiger partial charge on any atom is -0.338 e. The number of nitrogens with zero attached hydrogens (tertiary/aromatic N) is 1. The van der Waals surface area contributed by atoms with Gasteiger partial charge in [-0.25, -0.2) is 18.5 Å². The lowest BCUT2D eigenvalue weighted by Gasteiger charge is -2.09. The second kappa shape index (κ2) is 8.09. The van der Waals surface area contributed by atoms with E-state index in [-0.39, 0.29) is 9.92 Å². The van der Waals surface area contributed by atoms with Crippen molar-refractivity contribution in [1.82, 2.24) is 9.97 Å². The van der Waals surface area contributed by atoms with Gasteiger partial charge in [0.25, 0.3) is 0 Å². The molecule has 0 amide bonds. The smallest absolute Gasteiger partial charge is 0.338 e. The van der Waals surface area contributed by atoms with Gasteiger partial charge in [-0.1, -0.05) is 48.0 Å². The number of rotatable bonds is 4. The third kappa shape index (κ3) is 4.55. The molecule has 0 bridgehead atoms. The van der Waals surface area contributed by atoms with Crippen LogP contribution < -0.4 is 5.14 Å². The van der Waals surface area contributed by atoms with E-state index >= 15 is 0 Å². The molecule has 0 saturated heterocycles. The molecule has 5 nitrogen and oxygen atoms in total. The van der Waals surface area contributed by atoms with Gasteiger partial charge in [0.2, 0.25) is 10.0 Å². The molecule has 0 radical (unpaired) electrons. The zero-order chi connectivity index (χ0) is 23.1. The van der Waals surface area contributed by atoms with E-state index in [2.05, 4.69) is 9.97 Å². The highest BCUT2D eigenvalue weighted by Crippen LogP contribution is 2.35. The van der Waals surface area contributed by atoms with Crippen LogP contribution >= 0.6 is 11.6 Å². The summed E-state index contributed by atoms with van der Waals surface area (Å²) in [6.45, 7) is 0. The Morgan fingerprint density at radius 1 is 1.00 bits per heavy atom. The first-order valence-corrected chi connectivity index (χ1v) is 11.1. The molecule has 0 aliphatic heterocycles. The fraction of sp³-hybridized carbons (Fsp3) is 0.0455. The number of hydrogen-bond donors (Lipinski definition) is 2. The Bertz CT molecular complexity index is 1460. The summed E-state index contributed by atoms with van der Waals surface area (Å²) in [7, 11) is -3.91. The number of aromatic nitrogens is 2. The van der Waals surface area contributed by atoms with Crippen molar-refractivity contribution in [2.24, 2.45) is 5.14 Å². The van der Waals surface area contributed by atoms with Gasteiger partial charge in [-0.3, -0.25) is 0 Å². The minimum absolute atomic E-state index is 0.00203. The Kier molecular flexibility index (Phi) is 5.58. The average molecular weight is 478 g/mol. The third-order valence-electron chi connectivity index (χ3n) is 4.73. The van der Waals surface area contributed by atoms with Gasteiger partial charge in [0.1, 0.15) is 5.82 Å². The molecule has 0 unspecified atom stereocenters. The lowest BCUT2D eigenvalue weighted by atomic mass is 10.1. The van der Waals surface area contributed by atoms with Gasteiger partial charge in [-0.05, 0) is 47.5 Å². The third-order valence-corrected chi connectivity index (χ3v) is 6.03. The second-order valence-corrected chi connectivity index (χ2v) is 8.90. The van der Waals surface area contributed by atoms with E-state index in [9.17, 15) is 21.6 Å². The van der Waals surface area contributed by atoms with Crippen LogP contribution in [0.25, 0.3) is 34.3 Å². The molecule has 0 aliphatic rings. The van der Waals surface area contributed by atoms with Crippen molar-refractivity contribution in [3.8, 4) is 11.1 Å². The lowest BCUT2D eigenvalue weighted by Crippen LogP contribution is -2.13. The summed E-state index contributed by atoms with van der Waals surface area (Å²) in [6, 6.07) is 15.2. The SMILES string of the molecule is NS(=O)(=O)c1ccccc1-c1ccc2nc(/C=C/c3ccc(Cl)c(C(F)(F)F)c3)[nH]c2c1. The number of primary sulfonamides is 1. The first-order valence-electron chi connectivity index (χ1n) is 9.19. The molecule has 32 heavy (non-hydrogen) atoms. The predicted octanol–water partition coefficient (Wildman–Crippen LogP) is 5.72. The molecule has 164 valence electrons. The number of alkyl halides is 3. The second-order valence-electron chi connectivity index (χ2n) is 6.97. The number of fused-ring (bicyclic) bond motifs is 1. The Labute approximate surface area is 186 Å². The molecular weight excluding hydrogens is 463 g/mol. The van der Waals surface area contributed by atoms with E-state index in [1.54, 1.807) is 42.5 Å². The van der Waals surface area contributed by atoms with Gasteiger partial charge in [-0.15, -0.1) is 0 Å². The highest BCUT2D eigenvalue weighted by molar-refractivity contribution is 7.89. The van der Waals surface area contributed by atoms with Crippen LogP contribution in [0.15, 0.2) is 65.6 Å². The van der Waals surface area contributed by atoms with Crippen LogP contribution in [-0.2, 0) is 16.2 Å². The average Bonchev–Trinajstić information content (AvgIpc) is 3.14. The number of nitrogens with one attached hydrogen (secondary N) is 1. The van der Waals surface area contributed by atoms with E-state index in [0.717, 1.165) is 6.07 Å². The first kappa shape index (κ1) is 22.1. The van der Waals surface area contributed by atoms with Gasteiger partial charge < -0.3 is 4.98 Å². The van der Waals surface area contributed by atoms with Crippen LogP contribution in [0.2, 0.25) is 5.02 Å². The molecule has 3 aromatic carbocycles. The molecule has 0 atom stereocenters. The molecule has 1 heterocycles. The maximum Gasteiger partial charge on any atom is 0.417 e. The highest BCUT2D eigenvalue weighted by atomic mass is 35.5. The topological polar surface area (TPSA) is 88.8 Å². The molecule has 1 aromatic heterocycles. The largest absolute Gasteiger partial charge is 0.417 e. The number of nitrogens with two attached hydrogens (primary N) is 1. The molecule has 3 N–H and O–H groups in total. The normalized spacial score (nSPS) is 12.7. The molecular formula is C22H15ClF3N3O2S. The predicted molar refractivity (Wildman–Crippen MR) is 118 cm³/mol. The zero-order valence-corrected chi connectivity index (χ0v) is 17.8. The molecule has 0 fully saturated rings. The van der Waals surface area contributed by atoms with Crippen molar-refractivity contribution in [2.45, 2.75) is 11.1 Å². The zero-order valence-electron chi connectivity index (χ0n) is 16.2. The van der Waals surface area contributed by atoms with E-state index in [1.165, 1.54) is 24.3 Å². The molecule has 0 saturated carbocycles. The number of halogens is 4. The Hall–Kier alpha value is -3.14. The number of H-pyrrole nitrogens is 1. The van der Waals surface area contributed by atoms with Crippen LogP contribution in [0.1, 0.15) is 17.0 Å². The Morgan fingerprint density at radius 3 is 2.47 bits per heavy atom. The molecule has 0 spiro atoms. The standard InChI is InChI=1S/C22H15ClF3N3O2S/c23-17-8-5-13(11-16(17)22(24,25)26)6-10-21-28-18-9-7-14(12-19(18)29-21)15-3-1-2-4-20(15)32(27,30)31/h1-12H,(H,28,29)(H2,27,30,31)/b10-6+. The van der Waals surface area contributed by atoms with Crippen LogP contribution in [0.4, 0.5) is 13.2 Å². The van der Waals surface area contributed by atoms with Crippen LogP contribution in [0, 0.1) is 0 Å². The Balaban J connectivity index is 1.68. The van der Waals surface area contributed by atoms with Crippen molar-refractivity contribution in [3.63, 3.8) is 0 Å². The highest BCUT2D eigenvalue weighted by Gasteiger charge is 2.33. The summed E-state index contributed by atoms with van der Waals surface area (Å²) in [5, 5.41) is 4.95. The number of imidazole rings is 1. The summed E-state index contributed by atoms with van der Waals surface area (Å²) in [6.07, 6.45) is -1.52. The van der Waals surface area contributed by atoms with Gasteiger partial charge >= 0.3 is 6.18 Å². The number of hydrogen-bond acceptors (Lipinski definition) is 3. The summed E-state index contributed by atoms with van der Waals surface area (Å²) in [5.74, 6) is 0.417. The van der Waals surface area contributed by atoms with Crippen molar-refractivity contribution < 1.29 is 21.6 Å². The number of sulfonamides is 1. The summed E-state index contributed by atoms with van der Waals surface area (Å²) in [4.78, 5) is 7.45. The number of benzene rings is 3. The van der Waals surface area contributed by atoms with Gasteiger partial charge in [0.15, 0.2) is 0 Å². The molecule has 0 aliphatic carbocycles. The maximum atomic E-state index is 13.0. The van der Waals surface area contributed by atoms with Crippen molar-refractivity contribution >= 4 is 44.8 Å². The van der Waals surface area contributed by atoms with E-state index in [0.29, 0.717) is 33.5 Å². The van der Waals surface area contributed by atoms with E-state index in [4.69, 9.17) is 16.7 Å². The van der Waals surface area contributed by atoms with Crippen LogP contribution in [0.3, 0.4) is 0 Å². The van der Waals surface area contributed by atoms with Crippen molar-refractivity contribution in [1.29, 1.82) is 0 Å². The van der Waals surface area contributed by atoms with Crippen molar-refractivity contribution in [2.75, 3.05) is 0 Å². The summed E-state index contributed by atoms with van der Waals surface area (Å²) < 4.78 is 62.9. The minimum atomic E-state index is -4.55. The van der Waals surface area contributed by atoms with Crippen molar-refractivity contribution in [3.05, 3.63) is 82.6 Å². The fourth-order valence-electron chi connectivity index (χ4n) is 3.27. The molecule has 10 heteroatoms. The van der Waals surface area contributed by atoms with Gasteiger partial charge in [0.05, 0.1) is 26.5 Å². The lowest BCUT2D eigenvalue weighted by molar-refractivity contribution is -0.137. The quantitative estimate of drug-likeness (QED) is 0.394. The summed E-state index contributed by atoms with van der Waals surface area (Å²) >= 11 is 5.65. The number of aromatic amines is 1. The van der Waals surface area contributed by atoms with Crippen LogP contribution in [-0.4, -0.2) is 18.4 Å². The van der Waals surface area contributed by atoms with Gasteiger partial charge in [0, 0.05) is 5.56 Å². The van der Waals surface area contributed by atoms with Gasteiger partial charge in [-0.2, -0.15) is 13.2 Å². The van der Waals surface area contributed by atoms with Crippen LogP contribution in [0.5, 0.6) is 0 Å². The maximum absolute atomic E-state index is 13.0. The Morgan fingerprint density at radius 2 is 1.75 bits per heavy atom. The van der Waals surface area contributed by atoms with E-state index < -0.39 is 21.8 Å². The molecule has 4 aromatic rings. The summed E-state index contributed by atoms with van der Waals surface area (Å²) in [5.41, 5.74) is 1.69. The monoisotopic (exact) mass is 477 g/mol. The fourth-order valence-corrected chi connectivity index (χ4v) is 4.25. The van der Waals surface area contributed by atoms with E-state index in [1.807, 2.05) is 0 Å².